The Morgan fingerprint density at radius 3 is 2.29 bits per heavy atom. The number of aliphatic hydroxyl groups excluding tert-OH is 1. The molecule has 0 bridgehead atoms. The molecule has 0 aromatic heterocycles. The van der Waals surface area contributed by atoms with Crippen molar-refractivity contribution in [3.8, 4) is 11.5 Å². The van der Waals surface area contributed by atoms with Crippen molar-refractivity contribution in [2.75, 3.05) is 6.61 Å². The van der Waals surface area contributed by atoms with Crippen molar-refractivity contribution >= 4 is 0 Å². The molecule has 21 heavy (non-hydrogen) atoms. The van der Waals surface area contributed by atoms with Gasteiger partial charge in [-0.25, -0.2) is 0 Å². The number of aliphatic hydroxyl groups is 1. The summed E-state index contributed by atoms with van der Waals surface area (Å²) in [7, 11) is 0. The van der Waals surface area contributed by atoms with E-state index in [2.05, 4.69) is 0 Å². The molecule has 2 aromatic carbocycles. The molecule has 112 valence electrons. The van der Waals surface area contributed by atoms with Crippen molar-refractivity contribution in [3.63, 3.8) is 0 Å². The third kappa shape index (κ3) is 3.99. The first-order valence-electron chi connectivity index (χ1n) is 7.28. The Bertz CT molecular complexity index is 561. The molecule has 0 saturated heterocycles. The van der Waals surface area contributed by atoms with Gasteiger partial charge < -0.3 is 14.6 Å². The van der Waals surface area contributed by atoms with E-state index in [0.29, 0.717) is 6.61 Å². The van der Waals surface area contributed by atoms with Crippen LogP contribution in [0.15, 0.2) is 48.5 Å². The molecule has 0 aliphatic carbocycles. The van der Waals surface area contributed by atoms with Gasteiger partial charge in [-0.05, 0) is 44.5 Å². The first-order valence-corrected chi connectivity index (χ1v) is 7.28. The van der Waals surface area contributed by atoms with Crippen LogP contribution in [0.5, 0.6) is 11.5 Å². The summed E-state index contributed by atoms with van der Waals surface area (Å²) in [5, 5.41) is 10.6. The van der Waals surface area contributed by atoms with Gasteiger partial charge in [0, 0.05) is 5.56 Å². The summed E-state index contributed by atoms with van der Waals surface area (Å²) >= 11 is 0. The highest BCUT2D eigenvalue weighted by Crippen LogP contribution is 2.30. The summed E-state index contributed by atoms with van der Waals surface area (Å²) in [6, 6.07) is 15.1. The highest BCUT2D eigenvalue weighted by Gasteiger charge is 2.15. The number of hydrogen-bond acceptors (Lipinski definition) is 3. The molecule has 0 fully saturated rings. The average Bonchev–Trinajstić information content (AvgIpc) is 2.48. The maximum atomic E-state index is 10.6. The molecule has 2 rings (SSSR count). The van der Waals surface area contributed by atoms with Crippen LogP contribution in [0.2, 0.25) is 0 Å². The van der Waals surface area contributed by atoms with Crippen molar-refractivity contribution in [2.45, 2.75) is 33.0 Å². The van der Waals surface area contributed by atoms with Gasteiger partial charge >= 0.3 is 0 Å². The second-order valence-electron chi connectivity index (χ2n) is 5.11. The van der Waals surface area contributed by atoms with Gasteiger partial charge in [0.1, 0.15) is 17.6 Å². The van der Waals surface area contributed by atoms with Gasteiger partial charge in [0.2, 0.25) is 0 Å². The predicted molar refractivity (Wildman–Crippen MR) is 83.9 cm³/mol. The smallest absolute Gasteiger partial charge is 0.125 e. The Kier molecular flexibility index (Phi) is 5.23. The molecule has 0 aliphatic heterocycles. The molecule has 1 atom stereocenters. The van der Waals surface area contributed by atoms with Crippen LogP contribution in [0.4, 0.5) is 0 Å². The lowest BCUT2D eigenvalue weighted by molar-refractivity contribution is 0.211. The van der Waals surface area contributed by atoms with Crippen LogP contribution in [0.3, 0.4) is 0 Å². The second kappa shape index (κ2) is 7.14. The summed E-state index contributed by atoms with van der Waals surface area (Å²) in [6.45, 7) is 6.48. The maximum Gasteiger partial charge on any atom is 0.125 e. The number of hydrogen-bond donors (Lipinski definition) is 1. The molecule has 1 unspecified atom stereocenters. The minimum Gasteiger partial charge on any atom is -0.493 e. The SMILES string of the molecule is CCOc1ccccc1C(O)c1ccc(OC(C)C)cc1. The number of rotatable bonds is 6. The van der Waals surface area contributed by atoms with Gasteiger partial charge in [-0.3, -0.25) is 0 Å². The fraction of sp³-hybridized carbons (Fsp3) is 0.333. The Morgan fingerprint density at radius 1 is 1.00 bits per heavy atom. The van der Waals surface area contributed by atoms with E-state index in [1.165, 1.54) is 0 Å². The molecule has 3 heteroatoms. The van der Waals surface area contributed by atoms with E-state index in [4.69, 9.17) is 9.47 Å². The van der Waals surface area contributed by atoms with Crippen molar-refractivity contribution in [1.29, 1.82) is 0 Å². The molecule has 0 amide bonds. The molecule has 0 aliphatic rings. The van der Waals surface area contributed by atoms with Crippen molar-refractivity contribution in [1.82, 2.24) is 0 Å². The summed E-state index contributed by atoms with van der Waals surface area (Å²) in [6.07, 6.45) is -0.569. The van der Waals surface area contributed by atoms with Gasteiger partial charge in [-0.1, -0.05) is 30.3 Å². The van der Waals surface area contributed by atoms with Crippen LogP contribution in [-0.4, -0.2) is 17.8 Å². The van der Waals surface area contributed by atoms with E-state index < -0.39 is 6.10 Å². The third-order valence-electron chi connectivity index (χ3n) is 3.08. The Balaban J connectivity index is 2.21. The van der Waals surface area contributed by atoms with Crippen molar-refractivity contribution in [3.05, 3.63) is 59.7 Å². The van der Waals surface area contributed by atoms with Crippen molar-refractivity contribution < 1.29 is 14.6 Å². The fourth-order valence-electron chi connectivity index (χ4n) is 2.17. The lowest BCUT2D eigenvalue weighted by atomic mass is 10.0. The van der Waals surface area contributed by atoms with Crippen LogP contribution in [0, 0.1) is 0 Å². The van der Waals surface area contributed by atoms with Gasteiger partial charge in [0.25, 0.3) is 0 Å². The van der Waals surface area contributed by atoms with Crippen molar-refractivity contribution in [2.24, 2.45) is 0 Å². The monoisotopic (exact) mass is 286 g/mol. The van der Waals surface area contributed by atoms with Gasteiger partial charge in [-0.2, -0.15) is 0 Å². The lowest BCUT2D eigenvalue weighted by Gasteiger charge is -2.17. The van der Waals surface area contributed by atoms with Gasteiger partial charge in [-0.15, -0.1) is 0 Å². The zero-order chi connectivity index (χ0) is 15.2. The topological polar surface area (TPSA) is 38.7 Å². The van der Waals surface area contributed by atoms with E-state index in [-0.39, 0.29) is 6.10 Å². The van der Waals surface area contributed by atoms with E-state index in [9.17, 15) is 5.11 Å². The largest absolute Gasteiger partial charge is 0.493 e. The molecule has 1 N–H and O–H groups in total. The molecule has 0 spiro atoms. The second-order valence-corrected chi connectivity index (χ2v) is 5.11. The zero-order valence-electron chi connectivity index (χ0n) is 12.7. The quantitative estimate of drug-likeness (QED) is 0.873. The molecular formula is C18H22O3. The van der Waals surface area contributed by atoms with Crippen LogP contribution < -0.4 is 9.47 Å². The standard InChI is InChI=1S/C18H22O3/c1-4-20-17-8-6-5-7-16(17)18(19)14-9-11-15(12-10-14)21-13(2)3/h5-13,18-19H,4H2,1-3H3. The number of benzene rings is 2. The zero-order valence-corrected chi connectivity index (χ0v) is 12.7. The van der Waals surface area contributed by atoms with Gasteiger partial charge in [0.05, 0.1) is 12.7 Å². The maximum absolute atomic E-state index is 10.6. The first kappa shape index (κ1) is 15.4. The van der Waals surface area contributed by atoms with Gasteiger partial charge in [0.15, 0.2) is 0 Å². The van der Waals surface area contributed by atoms with Crippen LogP contribution in [0.25, 0.3) is 0 Å². The third-order valence-corrected chi connectivity index (χ3v) is 3.08. The van der Waals surface area contributed by atoms with E-state index in [1.54, 1.807) is 0 Å². The molecule has 0 saturated carbocycles. The van der Waals surface area contributed by atoms with Crippen LogP contribution >= 0.6 is 0 Å². The van der Waals surface area contributed by atoms with Crippen LogP contribution in [-0.2, 0) is 0 Å². The minimum atomic E-state index is -0.708. The Morgan fingerprint density at radius 2 is 1.67 bits per heavy atom. The minimum absolute atomic E-state index is 0.138. The lowest BCUT2D eigenvalue weighted by Crippen LogP contribution is -2.06. The first-order chi connectivity index (χ1) is 10.1. The number of para-hydroxylation sites is 1. The predicted octanol–water partition coefficient (Wildman–Crippen LogP) is 3.95. The highest BCUT2D eigenvalue weighted by molar-refractivity contribution is 5.41. The number of ether oxygens (including phenoxy) is 2. The molecule has 0 heterocycles. The molecule has 3 nitrogen and oxygen atoms in total. The Labute approximate surface area is 126 Å². The summed E-state index contributed by atoms with van der Waals surface area (Å²) in [5.41, 5.74) is 1.59. The average molecular weight is 286 g/mol. The van der Waals surface area contributed by atoms with E-state index in [1.807, 2.05) is 69.3 Å². The molecular weight excluding hydrogens is 264 g/mol. The summed E-state index contributed by atoms with van der Waals surface area (Å²) < 4.78 is 11.2. The summed E-state index contributed by atoms with van der Waals surface area (Å²) in [4.78, 5) is 0. The normalized spacial score (nSPS) is 12.2. The molecule has 2 aromatic rings. The van der Waals surface area contributed by atoms with E-state index >= 15 is 0 Å². The molecule has 0 radical (unpaired) electrons. The highest BCUT2D eigenvalue weighted by atomic mass is 16.5. The Hall–Kier alpha value is -2.00. The van der Waals surface area contributed by atoms with E-state index in [0.717, 1.165) is 22.6 Å². The van der Waals surface area contributed by atoms with Crippen LogP contribution in [0.1, 0.15) is 38.0 Å². The summed E-state index contributed by atoms with van der Waals surface area (Å²) in [5.74, 6) is 1.52. The fourth-order valence-corrected chi connectivity index (χ4v) is 2.17.